The van der Waals surface area contributed by atoms with Gasteiger partial charge in [-0.1, -0.05) is 24.8 Å². The Morgan fingerprint density at radius 1 is 1.13 bits per heavy atom. The average molecular weight is 542 g/mol. The predicted molar refractivity (Wildman–Crippen MR) is 147 cm³/mol. The minimum absolute atomic E-state index is 0.150. The number of nitrogens with one attached hydrogen (secondary N) is 2. The molecular formula is C27H23N7O4S. The lowest BCUT2D eigenvalue weighted by Crippen LogP contribution is -2.49. The monoisotopic (exact) mass is 541 g/mol. The first-order valence-corrected chi connectivity index (χ1v) is 13.1. The number of hydrogen-bond donors (Lipinski definition) is 2. The summed E-state index contributed by atoms with van der Waals surface area (Å²) >= 11 is 1.19. The Balaban J connectivity index is 1.27. The zero-order valence-electron chi connectivity index (χ0n) is 20.7. The highest BCUT2D eigenvalue weighted by atomic mass is 32.1. The van der Waals surface area contributed by atoms with E-state index in [9.17, 15) is 14.4 Å². The van der Waals surface area contributed by atoms with E-state index in [2.05, 4.69) is 32.2 Å². The summed E-state index contributed by atoms with van der Waals surface area (Å²) in [7, 11) is 0. The highest BCUT2D eigenvalue weighted by Gasteiger charge is 2.34. The lowest BCUT2D eigenvalue weighted by Gasteiger charge is -2.32. The molecule has 1 saturated heterocycles. The molecule has 1 fully saturated rings. The molecule has 2 aliphatic heterocycles. The van der Waals surface area contributed by atoms with Crippen LogP contribution in [0.4, 0.5) is 22.1 Å². The van der Waals surface area contributed by atoms with Crippen LogP contribution in [0.15, 0.2) is 67.6 Å². The zero-order valence-corrected chi connectivity index (χ0v) is 21.5. The molecule has 0 aliphatic carbocycles. The third kappa shape index (κ3) is 4.66. The molecule has 5 heterocycles. The SMILES string of the molecule is C=CC(=O)N1CCCC(NC(=O)c2sc3nccc4c3c2NC(=O)N4c2ncc(Oc3ccccc3)cn2)C1. The number of urea groups is 1. The normalized spacial score (nSPS) is 16.5. The van der Waals surface area contributed by atoms with Gasteiger partial charge in [-0.05, 0) is 37.1 Å². The van der Waals surface area contributed by atoms with Crippen molar-refractivity contribution in [3.8, 4) is 11.5 Å². The fourth-order valence-corrected chi connectivity index (χ4v) is 5.74. The molecule has 12 heteroatoms. The highest BCUT2D eigenvalue weighted by Crippen LogP contribution is 2.45. The maximum absolute atomic E-state index is 13.3. The summed E-state index contributed by atoms with van der Waals surface area (Å²) in [5, 5.41) is 6.49. The Bertz CT molecular complexity index is 1590. The summed E-state index contributed by atoms with van der Waals surface area (Å²) in [4.78, 5) is 55.7. The number of piperidine rings is 1. The van der Waals surface area contributed by atoms with Crippen LogP contribution in [-0.4, -0.2) is 56.8 Å². The van der Waals surface area contributed by atoms with Crippen molar-refractivity contribution >= 4 is 56.7 Å². The number of para-hydroxylation sites is 1. The van der Waals surface area contributed by atoms with Crippen LogP contribution >= 0.6 is 11.3 Å². The molecule has 0 radical (unpaired) electrons. The molecule has 196 valence electrons. The van der Waals surface area contributed by atoms with E-state index < -0.39 is 6.03 Å². The number of rotatable bonds is 6. The van der Waals surface area contributed by atoms with Crippen molar-refractivity contribution < 1.29 is 19.1 Å². The molecule has 6 rings (SSSR count). The van der Waals surface area contributed by atoms with Gasteiger partial charge in [-0.3, -0.25) is 9.59 Å². The molecule has 4 aromatic rings. The van der Waals surface area contributed by atoms with Crippen LogP contribution in [0.1, 0.15) is 22.5 Å². The topological polar surface area (TPSA) is 130 Å². The van der Waals surface area contributed by atoms with Crippen molar-refractivity contribution in [3.63, 3.8) is 0 Å². The summed E-state index contributed by atoms with van der Waals surface area (Å²) in [5.74, 6) is 0.728. The molecule has 1 aromatic carbocycles. The second-order valence-corrected chi connectivity index (χ2v) is 10.0. The van der Waals surface area contributed by atoms with E-state index in [1.165, 1.54) is 34.7 Å². The first kappa shape index (κ1) is 24.5. The smallest absolute Gasteiger partial charge is 0.333 e. The van der Waals surface area contributed by atoms with E-state index in [1.807, 2.05) is 30.3 Å². The summed E-state index contributed by atoms with van der Waals surface area (Å²) in [6.07, 6.45) is 7.37. The maximum atomic E-state index is 13.3. The van der Waals surface area contributed by atoms with Gasteiger partial charge in [0.05, 0.1) is 29.2 Å². The molecule has 4 amide bonds. The van der Waals surface area contributed by atoms with Crippen LogP contribution in [0.2, 0.25) is 0 Å². The van der Waals surface area contributed by atoms with E-state index in [1.54, 1.807) is 17.2 Å². The number of thiophene rings is 1. The van der Waals surface area contributed by atoms with Gasteiger partial charge in [0, 0.05) is 25.3 Å². The average Bonchev–Trinajstić information content (AvgIpc) is 3.33. The van der Waals surface area contributed by atoms with Crippen molar-refractivity contribution in [1.29, 1.82) is 0 Å². The Labute approximate surface area is 227 Å². The molecular weight excluding hydrogens is 518 g/mol. The summed E-state index contributed by atoms with van der Waals surface area (Å²) in [5.41, 5.74) is 0.918. The van der Waals surface area contributed by atoms with Gasteiger partial charge in [-0.2, -0.15) is 0 Å². The molecule has 0 spiro atoms. The fourth-order valence-electron chi connectivity index (χ4n) is 4.72. The van der Waals surface area contributed by atoms with Gasteiger partial charge in [-0.25, -0.2) is 24.6 Å². The molecule has 0 saturated carbocycles. The van der Waals surface area contributed by atoms with Crippen molar-refractivity contribution in [2.24, 2.45) is 0 Å². The lowest BCUT2D eigenvalue weighted by molar-refractivity contribution is -0.127. The van der Waals surface area contributed by atoms with Crippen molar-refractivity contribution in [1.82, 2.24) is 25.2 Å². The minimum Gasteiger partial charge on any atom is -0.454 e. The van der Waals surface area contributed by atoms with E-state index in [4.69, 9.17) is 4.74 Å². The number of pyridine rings is 1. The Morgan fingerprint density at radius 2 is 1.92 bits per heavy atom. The molecule has 1 atom stereocenters. The summed E-state index contributed by atoms with van der Waals surface area (Å²) in [6, 6.07) is 10.2. The van der Waals surface area contributed by atoms with Gasteiger partial charge in [0.2, 0.25) is 11.9 Å². The number of carbonyl (C=O) groups is 3. The number of nitrogens with zero attached hydrogens (tertiary/aromatic N) is 5. The van der Waals surface area contributed by atoms with Gasteiger partial charge < -0.3 is 20.3 Å². The third-order valence-electron chi connectivity index (χ3n) is 6.49. The van der Waals surface area contributed by atoms with E-state index >= 15 is 0 Å². The molecule has 11 nitrogen and oxygen atoms in total. The van der Waals surface area contributed by atoms with Gasteiger partial charge in [-0.15, -0.1) is 11.3 Å². The minimum atomic E-state index is -0.500. The Morgan fingerprint density at radius 3 is 2.69 bits per heavy atom. The molecule has 1 unspecified atom stereocenters. The van der Waals surface area contributed by atoms with Crippen LogP contribution < -0.4 is 20.3 Å². The van der Waals surface area contributed by atoms with Gasteiger partial charge in [0.25, 0.3) is 5.91 Å². The first-order chi connectivity index (χ1) is 19.0. The van der Waals surface area contributed by atoms with Crippen LogP contribution in [0.3, 0.4) is 0 Å². The number of anilines is 3. The standard InChI is InChI=1S/C27H23N7O4S/c1-2-20(35)33-12-6-7-16(15-33)31-24(36)23-22-21-19(10-11-28-25(21)39-23)34(27(37)32-22)26-29-13-18(14-30-26)38-17-8-4-3-5-9-17/h2-5,8-11,13-14,16H,1,6-7,12,15H2,(H,31,36)(H,32,37). The second-order valence-electron chi connectivity index (χ2n) is 9.02. The van der Waals surface area contributed by atoms with E-state index in [0.29, 0.717) is 51.1 Å². The molecule has 3 aromatic heterocycles. The van der Waals surface area contributed by atoms with Crippen molar-refractivity contribution in [3.05, 3.63) is 72.5 Å². The summed E-state index contributed by atoms with van der Waals surface area (Å²) < 4.78 is 5.76. The van der Waals surface area contributed by atoms with Crippen LogP contribution in [0, 0.1) is 0 Å². The second kappa shape index (κ2) is 10.1. The third-order valence-corrected chi connectivity index (χ3v) is 7.59. The van der Waals surface area contributed by atoms with Crippen LogP contribution in [0.25, 0.3) is 10.2 Å². The Kier molecular flexibility index (Phi) is 6.37. The zero-order chi connectivity index (χ0) is 26.9. The molecule has 2 aliphatic rings. The lowest BCUT2D eigenvalue weighted by atomic mass is 10.1. The number of ether oxygens (including phenoxy) is 1. The summed E-state index contributed by atoms with van der Waals surface area (Å²) in [6.45, 7) is 4.58. The largest absolute Gasteiger partial charge is 0.454 e. The van der Waals surface area contributed by atoms with Gasteiger partial charge >= 0.3 is 6.03 Å². The number of benzene rings is 1. The number of amides is 4. The molecule has 0 bridgehead atoms. The quantitative estimate of drug-likeness (QED) is 0.345. The number of aromatic nitrogens is 3. The molecule has 2 N–H and O–H groups in total. The number of likely N-dealkylation sites (tertiary alicyclic amines) is 1. The van der Waals surface area contributed by atoms with E-state index in [0.717, 1.165) is 12.8 Å². The molecule has 39 heavy (non-hydrogen) atoms. The van der Waals surface area contributed by atoms with Crippen LogP contribution in [-0.2, 0) is 4.79 Å². The number of hydrogen-bond acceptors (Lipinski definition) is 8. The highest BCUT2D eigenvalue weighted by molar-refractivity contribution is 7.21. The van der Waals surface area contributed by atoms with Gasteiger partial charge in [0.15, 0.2) is 5.75 Å². The van der Waals surface area contributed by atoms with Crippen molar-refractivity contribution in [2.75, 3.05) is 23.3 Å². The van der Waals surface area contributed by atoms with Crippen LogP contribution in [0.5, 0.6) is 11.5 Å². The first-order valence-electron chi connectivity index (χ1n) is 12.3. The fraction of sp³-hybridized carbons (Fsp3) is 0.185. The van der Waals surface area contributed by atoms with Crippen molar-refractivity contribution in [2.45, 2.75) is 18.9 Å². The predicted octanol–water partition coefficient (Wildman–Crippen LogP) is 4.47. The van der Waals surface area contributed by atoms with E-state index in [-0.39, 0.29) is 23.8 Å². The van der Waals surface area contributed by atoms with Gasteiger partial charge in [0.1, 0.15) is 15.5 Å². The number of carbonyl (C=O) groups excluding carboxylic acids is 3. The maximum Gasteiger partial charge on any atom is 0.333 e. The Hall–Kier alpha value is -4.84.